The lowest BCUT2D eigenvalue weighted by molar-refractivity contribution is 0.0985. The topological polar surface area (TPSA) is 63.9 Å². The lowest BCUT2D eigenvalue weighted by Gasteiger charge is -2.23. The van der Waals surface area contributed by atoms with Gasteiger partial charge in [-0.2, -0.15) is 15.3 Å². The zero-order valence-electron chi connectivity index (χ0n) is 15.1. The van der Waals surface area contributed by atoms with Gasteiger partial charge in [0.25, 0.3) is 5.91 Å². The monoisotopic (exact) mass is 361 g/mol. The Kier molecular flexibility index (Phi) is 5.08. The molecule has 0 spiro atoms. The lowest BCUT2D eigenvalue weighted by atomic mass is 10.1. The molecular weight excluding hydrogens is 338 g/mol. The zero-order chi connectivity index (χ0) is 18.1. The Hall–Kier alpha value is -1.95. The Morgan fingerprint density at radius 2 is 2.08 bits per heavy atom. The molecule has 0 aromatic carbocycles. The first-order valence-corrected chi connectivity index (χ1v) is 9.10. The van der Waals surface area contributed by atoms with Gasteiger partial charge in [-0.15, -0.1) is 11.6 Å². The van der Waals surface area contributed by atoms with Gasteiger partial charge in [0, 0.05) is 17.6 Å². The molecule has 0 radical (unpaired) electrons. The second-order valence-electron chi connectivity index (χ2n) is 7.10. The Bertz CT molecular complexity index is 745. The predicted molar refractivity (Wildman–Crippen MR) is 98.0 cm³/mol. The van der Waals surface area contributed by atoms with Crippen molar-refractivity contribution >= 4 is 23.2 Å². The van der Waals surface area contributed by atoms with Crippen LogP contribution in [0.15, 0.2) is 24.7 Å². The maximum atomic E-state index is 13.2. The summed E-state index contributed by atoms with van der Waals surface area (Å²) in [5.41, 5.74) is 2.24. The largest absolute Gasteiger partial charge is 0.306 e. The molecule has 6 nitrogen and oxygen atoms in total. The van der Waals surface area contributed by atoms with Gasteiger partial charge >= 0.3 is 0 Å². The number of aromatic nitrogens is 4. The number of halogens is 1. The molecule has 25 heavy (non-hydrogen) atoms. The van der Waals surface area contributed by atoms with Crippen molar-refractivity contribution in [1.82, 2.24) is 20.0 Å². The first-order valence-electron chi connectivity index (χ1n) is 8.67. The second kappa shape index (κ2) is 7.12. The molecule has 2 aromatic rings. The van der Waals surface area contributed by atoms with Crippen LogP contribution >= 0.6 is 11.6 Å². The molecule has 3 rings (SSSR count). The van der Waals surface area contributed by atoms with Gasteiger partial charge in [-0.1, -0.05) is 13.8 Å². The number of alkyl halides is 1. The standard InChI is InChI=1S/C18H24ClN5O/c1-11(2)12(3)24-13(4)16(9-22-24)18(25)23(10-14-7-17(14)19)15-5-6-20-21-8-15/h5-6,8-9,11-12,14,17H,7,10H2,1-4H3. The van der Waals surface area contributed by atoms with Crippen molar-refractivity contribution in [2.75, 3.05) is 11.4 Å². The smallest absolute Gasteiger partial charge is 0.261 e. The highest BCUT2D eigenvalue weighted by Gasteiger charge is 2.38. The van der Waals surface area contributed by atoms with E-state index in [2.05, 4.69) is 36.1 Å². The maximum absolute atomic E-state index is 13.2. The summed E-state index contributed by atoms with van der Waals surface area (Å²) in [7, 11) is 0. The fourth-order valence-electron chi connectivity index (χ4n) is 2.85. The third kappa shape index (κ3) is 3.68. The molecule has 1 fully saturated rings. The summed E-state index contributed by atoms with van der Waals surface area (Å²) in [4.78, 5) is 15.0. The SMILES string of the molecule is Cc1c(C(=O)N(CC2CC2Cl)c2ccnnc2)cnn1C(C)C(C)C. The maximum Gasteiger partial charge on any atom is 0.261 e. The van der Waals surface area contributed by atoms with E-state index in [4.69, 9.17) is 11.6 Å². The normalized spacial score (nSPS) is 20.6. The van der Waals surface area contributed by atoms with Crippen LogP contribution in [-0.2, 0) is 0 Å². The second-order valence-corrected chi connectivity index (χ2v) is 7.66. The van der Waals surface area contributed by atoms with E-state index in [0.717, 1.165) is 17.8 Å². The van der Waals surface area contributed by atoms with Crippen LogP contribution in [0.3, 0.4) is 0 Å². The summed E-state index contributed by atoms with van der Waals surface area (Å²) in [6.45, 7) is 8.95. The van der Waals surface area contributed by atoms with Crippen LogP contribution in [0.1, 0.15) is 49.3 Å². The van der Waals surface area contributed by atoms with Crippen molar-refractivity contribution in [1.29, 1.82) is 0 Å². The van der Waals surface area contributed by atoms with E-state index in [1.165, 1.54) is 0 Å². The molecule has 1 amide bonds. The molecule has 1 aliphatic carbocycles. The molecule has 0 aliphatic heterocycles. The van der Waals surface area contributed by atoms with Gasteiger partial charge in [0.1, 0.15) is 0 Å². The average Bonchev–Trinajstić information content (AvgIpc) is 3.16. The molecule has 134 valence electrons. The van der Waals surface area contributed by atoms with Crippen LogP contribution in [0.5, 0.6) is 0 Å². The van der Waals surface area contributed by atoms with E-state index in [-0.39, 0.29) is 17.3 Å². The lowest BCUT2D eigenvalue weighted by Crippen LogP contribution is -2.33. The molecule has 2 heterocycles. The minimum absolute atomic E-state index is 0.0662. The van der Waals surface area contributed by atoms with Crippen molar-refractivity contribution in [3.63, 3.8) is 0 Å². The fourth-order valence-corrected chi connectivity index (χ4v) is 3.16. The summed E-state index contributed by atoms with van der Waals surface area (Å²) >= 11 is 6.16. The van der Waals surface area contributed by atoms with Crippen molar-refractivity contribution < 1.29 is 4.79 Å². The molecule has 1 aliphatic rings. The molecule has 0 saturated heterocycles. The van der Waals surface area contributed by atoms with Crippen LogP contribution in [-0.4, -0.2) is 37.8 Å². The van der Waals surface area contributed by atoms with Gasteiger partial charge in [0.05, 0.1) is 35.9 Å². The van der Waals surface area contributed by atoms with Gasteiger partial charge in [-0.3, -0.25) is 9.48 Å². The fraction of sp³-hybridized carbons (Fsp3) is 0.556. The number of anilines is 1. The van der Waals surface area contributed by atoms with E-state index < -0.39 is 0 Å². The Morgan fingerprint density at radius 1 is 1.36 bits per heavy atom. The summed E-state index contributed by atoms with van der Waals surface area (Å²) in [6.07, 6.45) is 5.81. The number of nitrogens with zero attached hydrogens (tertiary/aromatic N) is 5. The Balaban J connectivity index is 1.90. The minimum atomic E-state index is -0.0662. The first-order chi connectivity index (χ1) is 11.9. The third-order valence-electron chi connectivity index (χ3n) is 5.00. The van der Waals surface area contributed by atoms with Crippen LogP contribution in [0.4, 0.5) is 5.69 Å². The molecule has 0 bridgehead atoms. The summed E-state index contributed by atoms with van der Waals surface area (Å²) in [5, 5.41) is 12.3. The molecule has 1 saturated carbocycles. The number of amides is 1. The quantitative estimate of drug-likeness (QED) is 0.739. The van der Waals surface area contributed by atoms with Crippen molar-refractivity contribution in [3.05, 3.63) is 35.9 Å². The Morgan fingerprint density at radius 3 is 2.64 bits per heavy atom. The van der Waals surface area contributed by atoms with Gasteiger partial charge in [-0.05, 0) is 38.2 Å². The van der Waals surface area contributed by atoms with E-state index in [1.54, 1.807) is 29.6 Å². The summed E-state index contributed by atoms with van der Waals surface area (Å²) in [5.74, 6) is 0.692. The van der Waals surface area contributed by atoms with Crippen LogP contribution in [0.25, 0.3) is 0 Å². The number of carbonyl (C=O) groups excluding carboxylic acids is 1. The number of hydrogen-bond acceptors (Lipinski definition) is 4. The first kappa shape index (κ1) is 17.9. The van der Waals surface area contributed by atoms with Crippen molar-refractivity contribution in [2.24, 2.45) is 11.8 Å². The van der Waals surface area contributed by atoms with E-state index in [1.807, 2.05) is 11.6 Å². The van der Waals surface area contributed by atoms with Crippen molar-refractivity contribution in [3.8, 4) is 0 Å². The molecule has 3 atom stereocenters. The number of hydrogen-bond donors (Lipinski definition) is 0. The molecule has 0 N–H and O–H groups in total. The van der Waals surface area contributed by atoms with Gasteiger partial charge in [0.15, 0.2) is 0 Å². The predicted octanol–water partition coefficient (Wildman–Crippen LogP) is 3.47. The van der Waals surface area contributed by atoms with Gasteiger partial charge < -0.3 is 4.90 Å². The molecule has 2 aromatic heterocycles. The molecule has 7 heteroatoms. The zero-order valence-corrected chi connectivity index (χ0v) is 15.8. The highest BCUT2D eigenvalue weighted by Crippen LogP contribution is 2.38. The van der Waals surface area contributed by atoms with Crippen LogP contribution < -0.4 is 4.90 Å². The van der Waals surface area contributed by atoms with Crippen LogP contribution in [0.2, 0.25) is 0 Å². The highest BCUT2D eigenvalue weighted by molar-refractivity contribution is 6.22. The van der Waals surface area contributed by atoms with Crippen molar-refractivity contribution in [2.45, 2.75) is 45.5 Å². The number of rotatable bonds is 6. The van der Waals surface area contributed by atoms with Gasteiger partial charge in [-0.25, -0.2) is 0 Å². The molecule has 3 unspecified atom stereocenters. The highest BCUT2D eigenvalue weighted by atomic mass is 35.5. The molecular formula is C18H24ClN5O. The summed E-state index contributed by atoms with van der Waals surface area (Å²) < 4.78 is 1.93. The summed E-state index contributed by atoms with van der Waals surface area (Å²) in [6, 6.07) is 2.03. The van der Waals surface area contributed by atoms with Crippen LogP contribution in [0, 0.1) is 18.8 Å². The average molecular weight is 362 g/mol. The van der Waals surface area contributed by atoms with E-state index in [9.17, 15) is 4.79 Å². The third-order valence-corrected chi connectivity index (χ3v) is 5.54. The van der Waals surface area contributed by atoms with E-state index in [0.29, 0.717) is 23.9 Å². The van der Waals surface area contributed by atoms with Gasteiger partial charge in [0.2, 0.25) is 0 Å². The Labute approximate surface area is 153 Å². The number of carbonyl (C=O) groups is 1. The minimum Gasteiger partial charge on any atom is -0.306 e. The van der Waals surface area contributed by atoms with E-state index >= 15 is 0 Å².